The van der Waals surface area contributed by atoms with Gasteiger partial charge in [-0.1, -0.05) is 6.07 Å². The third-order valence-electron chi connectivity index (χ3n) is 3.29. The molecule has 0 radical (unpaired) electrons. The Morgan fingerprint density at radius 1 is 1.32 bits per heavy atom. The van der Waals surface area contributed by atoms with Crippen molar-refractivity contribution in [1.29, 1.82) is 0 Å². The number of rotatable bonds is 3. The number of aromatic hydroxyl groups is 1. The predicted molar refractivity (Wildman–Crippen MR) is 74.1 cm³/mol. The first-order valence-electron chi connectivity index (χ1n) is 6.54. The SMILES string of the molecule is COc1cc(/C=C/C(=O)N2CCCCC2)ccc1O. The molecular formula is C15H19NO3. The number of carbonyl (C=O) groups excluding carboxylic acids is 1. The summed E-state index contributed by atoms with van der Waals surface area (Å²) in [4.78, 5) is 13.8. The fraction of sp³-hybridized carbons (Fsp3) is 0.400. The molecule has 1 fully saturated rings. The van der Waals surface area contributed by atoms with Crippen LogP contribution in [0.5, 0.6) is 11.5 Å². The van der Waals surface area contributed by atoms with Crippen LogP contribution in [0.2, 0.25) is 0 Å². The first-order valence-corrected chi connectivity index (χ1v) is 6.54. The molecule has 1 aromatic rings. The van der Waals surface area contributed by atoms with Gasteiger partial charge < -0.3 is 14.7 Å². The molecule has 0 atom stereocenters. The van der Waals surface area contributed by atoms with Gasteiger partial charge in [0.15, 0.2) is 11.5 Å². The van der Waals surface area contributed by atoms with Gasteiger partial charge in [0.1, 0.15) is 0 Å². The van der Waals surface area contributed by atoms with Crippen LogP contribution in [0.15, 0.2) is 24.3 Å². The Morgan fingerprint density at radius 3 is 2.74 bits per heavy atom. The highest BCUT2D eigenvalue weighted by atomic mass is 16.5. The first kappa shape index (κ1) is 13.5. The van der Waals surface area contributed by atoms with E-state index in [1.807, 2.05) is 4.90 Å². The number of phenols is 1. The number of ether oxygens (including phenoxy) is 1. The Morgan fingerprint density at radius 2 is 2.05 bits per heavy atom. The number of hydrogen-bond acceptors (Lipinski definition) is 3. The third-order valence-corrected chi connectivity index (χ3v) is 3.29. The van der Waals surface area contributed by atoms with Crippen LogP contribution >= 0.6 is 0 Å². The Balaban J connectivity index is 2.03. The number of methoxy groups -OCH3 is 1. The molecule has 2 rings (SSSR count). The van der Waals surface area contributed by atoms with Crippen molar-refractivity contribution in [3.8, 4) is 11.5 Å². The van der Waals surface area contributed by atoms with E-state index < -0.39 is 0 Å². The lowest BCUT2D eigenvalue weighted by atomic mass is 10.1. The van der Waals surface area contributed by atoms with Gasteiger partial charge in [0.25, 0.3) is 0 Å². The molecule has 0 aliphatic carbocycles. The van der Waals surface area contributed by atoms with E-state index in [1.165, 1.54) is 13.5 Å². The van der Waals surface area contributed by atoms with E-state index in [0.29, 0.717) is 5.75 Å². The number of piperidine rings is 1. The molecule has 0 saturated carbocycles. The molecule has 1 aromatic carbocycles. The minimum Gasteiger partial charge on any atom is -0.504 e. The van der Waals surface area contributed by atoms with E-state index in [0.717, 1.165) is 31.5 Å². The van der Waals surface area contributed by atoms with Crippen molar-refractivity contribution in [3.63, 3.8) is 0 Å². The maximum absolute atomic E-state index is 12.0. The maximum atomic E-state index is 12.0. The number of nitrogens with zero attached hydrogens (tertiary/aromatic N) is 1. The van der Waals surface area contributed by atoms with E-state index in [9.17, 15) is 9.90 Å². The van der Waals surface area contributed by atoms with Crippen molar-refractivity contribution >= 4 is 12.0 Å². The van der Waals surface area contributed by atoms with Crippen LogP contribution in [0.1, 0.15) is 24.8 Å². The normalized spacial score (nSPS) is 15.7. The molecule has 0 unspecified atom stereocenters. The zero-order chi connectivity index (χ0) is 13.7. The lowest BCUT2D eigenvalue weighted by Crippen LogP contribution is -2.34. The van der Waals surface area contributed by atoms with Crippen LogP contribution in [0.25, 0.3) is 6.08 Å². The van der Waals surface area contributed by atoms with Gasteiger partial charge >= 0.3 is 0 Å². The number of benzene rings is 1. The monoisotopic (exact) mass is 261 g/mol. The Bertz CT molecular complexity index is 476. The maximum Gasteiger partial charge on any atom is 0.246 e. The van der Waals surface area contributed by atoms with Crippen molar-refractivity contribution in [3.05, 3.63) is 29.8 Å². The summed E-state index contributed by atoms with van der Waals surface area (Å²) in [5.74, 6) is 0.557. The average molecular weight is 261 g/mol. The van der Waals surface area contributed by atoms with E-state index in [1.54, 1.807) is 30.4 Å². The van der Waals surface area contributed by atoms with Gasteiger partial charge in [-0.25, -0.2) is 0 Å². The molecule has 102 valence electrons. The van der Waals surface area contributed by atoms with E-state index in [-0.39, 0.29) is 11.7 Å². The van der Waals surface area contributed by atoms with Crippen LogP contribution in [-0.4, -0.2) is 36.1 Å². The molecule has 0 aromatic heterocycles. The summed E-state index contributed by atoms with van der Waals surface area (Å²) in [6, 6.07) is 5.01. The highest BCUT2D eigenvalue weighted by Crippen LogP contribution is 2.26. The van der Waals surface area contributed by atoms with Crippen LogP contribution < -0.4 is 4.74 Å². The van der Waals surface area contributed by atoms with Crippen molar-refractivity contribution in [2.75, 3.05) is 20.2 Å². The second-order valence-corrected chi connectivity index (χ2v) is 4.65. The minimum atomic E-state index is 0.0479. The molecule has 4 heteroatoms. The fourth-order valence-electron chi connectivity index (χ4n) is 2.19. The second-order valence-electron chi connectivity index (χ2n) is 4.65. The van der Waals surface area contributed by atoms with Gasteiger partial charge in [0.2, 0.25) is 5.91 Å². The van der Waals surface area contributed by atoms with Crippen molar-refractivity contribution < 1.29 is 14.6 Å². The molecule has 1 heterocycles. The van der Waals surface area contributed by atoms with Crippen molar-refractivity contribution in [2.24, 2.45) is 0 Å². The largest absolute Gasteiger partial charge is 0.504 e. The summed E-state index contributed by atoms with van der Waals surface area (Å²) in [6.07, 6.45) is 6.72. The summed E-state index contributed by atoms with van der Waals surface area (Å²) in [5, 5.41) is 9.49. The van der Waals surface area contributed by atoms with Crippen LogP contribution in [0, 0.1) is 0 Å². The van der Waals surface area contributed by atoms with Crippen molar-refractivity contribution in [1.82, 2.24) is 4.90 Å². The summed E-state index contributed by atoms with van der Waals surface area (Å²) in [7, 11) is 1.50. The molecule has 1 amide bonds. The molecule has 19 heavy (non-hydrogen) atoms. The second kappa shape index (κ2) is 6.27. The van der Waals surface area contributed by atoms with E-state index >= 15 is 0 Å². The van der Waals surface area contributed by atoms with Crippen molar-refractivity contribution in [2.45, 2.75) is 19.3 Å². The molecular weight excluding hydrogens is 242 g/mol. The third kappa shape index (κ3) is 3.50. The summed E-state index contributed by atoms with van der Waals surface area (Å²) in [6.45, 7) is 1.70. The number of hydrogen-bond donors (Lipinski definition) is 1. The summed E-state index contributed by atoms with van der Waals surface area (Å²) in [5.41, 5.74) is 0.833. The van der Waals surface area contributed by atoms with Gasteiger partial charge in [-0.05, 0) is 43.0 Å². The fourth-order valence-corrected chi connectivity index (χ4v) is 2.19. The molecule has 0 bridgehead atoms. The first-order chi connectivity index (χ1) is 9.20. The number of carbonyl (C=O) groups is 1. The van der Waals surface area contributed by atoms with Crippen LogP contribution in [-0.2, 0) is 4.79 Å². The standard InChI is InChI=1S/C15H19NO3/c1-19-14-11-12(5-7-13(14)17)6-8-15(18)16-9-3-2-4-10-16/h5-8,11,17H,2-4,9-10H2,1H3/b8-6+. The lowest BCUT2D eigenvalue weighted by Gasteiger charge is -2.25. The number of likely N-dealkylation sites (tertiary alicyclic amines) is 1. The number of phenolic OH excluding ortho intramolecular Hbond substituents is 1. The minimum absolute atomic E-state index is 0.0479. The zero-order valence-electron chi connectivity index (χ0n) is 11.1. The van der Waals surface area contributed by atoms with Crippen LogP contribution in [0.4, 0.5) is 0 Å². The van der Waals surface area contributed by atoms with Gasteiger partial charge in [0, 0.05) is 19.2 Å². The topological polar surface area (TPSA) is 49.8 Å². The molecule has 1 aliphatic rings. The molecule has 1 saturated heterocycles. The van der Waals surface area contributed by atoms with Gasteiger partial charge in [-0.15, -0.1) is 0 Å². The predicted octanol–water partition coefficient (Wildman–Crippen LogP) is 2.43. The zero-order valence-corrected chi connectivity index (χ0v) is 11.1. The smallest absolute Gasteiger partial charge is 0.246 e. The van der Waals surface area contributed by atoms with Crippen LogP contribution in [0.3, 0.4) is 0 Å². The molecule has 1 aliphatic heterocycles. The van der Waals surface area contributed by atoms with E-state index in [4.69, 9.17) is 4.74 Å². The average Bonchev–Trinajstić information content (AvgIpc) is 2.47. The number of amides is 1. The molecule has 0 spiro atoms. The summed E-state index contributed by atoms with van der Waals surface area (Å²) >= 11 is 0. The lowest BCUT2D eigenvalue weighted by molar-refractivity contribution is -0.126. The van der Waals surface area contributed by atoms with E-state index in [2.05, 4.69) is 0 Å². The van der Waals surface area contributed by atoms with Gasteiger partial charge in [0.05, 0.1) is 7.11 Å². The highest BCUT2D eigenvalue weighted by Gasteiger charge is 2.13. The highest BCUT2D eigenvalue weighted by molar-refractivity contribution is 5.91. The quantitative estimate of drug-likeness (QED) is 0.850. The Hall–Kier alpha value is -1.97. The van der Waals surface area contributed by atoms with Gasteiger partial charge in [-0.2, -0.15) is 0 Å². The molecule has 1 N–H and O–H groups in total. The van der Waals surface area contributed by atoms with Gasteiger partial charge in [-0.3, -0.25) is 4.79 Å². The summed E-state index contributed by atoms with van der Waals surface area (Å²) < 4.78 is 5.03. The Kier molecular flexibility index (Phi) is 4.44. The molecule has 4 nitrogen and oxygen atoms in total. The Labute approximate surface area is 113 Å².